The first-order valence-corrected chi connectivity index (χ1v) is 7.41. The van der Waals surface area contributed by atoms with E-state index in [1.54, 1.807) is 6.20 Å². The van der Waals surface area contributed by atoms with Gasteiger partial charge in [-0.25, -0.2) is 14.8 Å². The Balaban J connectivity index is 2.34. The molecule has 0 atom stereocenters. The first kappa shape index (κ1) is 14.8. The van der Waals surface area contributed by atoms with Gasteiger partial charge >= 0.3 is 5.97 Å². The van der Waals surface area contributed by atoms with Crippen LogP contribution in [0, 0.1) is 0 Å². The first-order valence-electron chi connectivity index (χ1n) is 7.41. The van der Waals surface area contributed by atoms with E-state index in [9.17, 15) is 9.90 Å². The Morgan fingerprint density at radius 3 is 2.70 bits per heavy atom. The van der Waals surface area contributed by atoms with Crippen LogP contribution in [-0.2, 0) is 0 Å². The molecule has 110 valence electrons. The van der Waals surface area contributed by atoms with Gasteiger partial charge in [0.1, 0.15) is 5.82 Å². The highest BCUT2D eigenvalue weighted by Gasteiger charge is 2.32. The van der Waals surface area contributed by atoms with Crippen molar-refractivity contribution in [3.05, 3.63) is 17.7 Å². The van der Waals surface area contributed by atoms with Gasteiger partial charge in [-0.3, -0.25) is 0 Å². The molecule has 20 heavy (non-hydrogen) atoms. The van der Waals surface area contributed by atoms with E-state index in [2.05, 4.69) is 21.8 Å². The van der Waals surface area contributed by atoms with Crippen LogP contribution in [0.5, 0.6) is 0 Å². The topological polar surface area (TPSA) is 66.3 Å². The number of hydrogen-bond donors (Lipinski definition) is 1. The molecule has 1 heterocycles. The van der Waals surface area contributed by atoms with E-state index < -0.39 is 5.97 Å². The minimum atomic E-state index is -0.966. The van der Waals surface area contributed by atoms with E-state index >= 15 is 0 Å². The Bertz CT molecular complexity index is 484. The molecule has 0 aliphatic heterocycles. The third kappa shape index (κ3) is 3.26. The maximum Gasteiger partial charge on any atom is 0.356 e. The lowest BCUT2D eigenvalue weighted by Gasteiger charge is -2.25. The first-order chi connectivity index (χ1) is 9.54. The van der Waals surface area contributed by atoms with Gasteiger partial charge in [0.25, 0.3) is 0 Å². The maximum absolute atomic E-state index is 11.5. The Kier molecular flexibility index (Phi) is 4.57. The monoisotopic (exact) mass is 277 g/mol. The molecule has 0 spiro atoms. The molecule has 1 aliphatic carbocycles. The third-order valence-corrected chi connectivity index (χ3v) is 3.56. The molecule has 0 unspecified atom stereocenters. The lowest BCUT2D eigenvalue weighted by Crippen LogP contribution is -2.29. The summed E-state index contributed by atoms with van der Waals surface area (Å²) < 4.78 is 0. The van der Waals surface area contributed by atoms with Crippen LogP contribution in [0.3, 0.4) is 0 Å². The standard InChI is InChI=1S/C15H23N3O2/c1-4-5-8-18(11-6-7-11)12-9-16-14(10(2)3)17-13(12)15(19)20/h9-11H,4-8H2,1-3H3,(H,19,20). The summed E-state index contributed by atoms with van der Waals surface area (Å²) in [5.41, 5.74) is 0.824. The fourth-order valence-electron chi connectivity index (χ4n) is 2.25. The minimum Gasteiger partial charge on any atom is -0.476 e. The zero-order valence-corrected chi connectivity index (χ0v) is 12.5. The zero-order valence-electron chi connectivity index (χ0n) is 12.5. The fraction of sp³-hybridized carbons (Fsp3) is 0.667. The number of anilines is 1. The van der Waals surface area contributed by atoms with Crippen molar-refractivity contribution >= 4 is 11.7 Å². The molecule has 1 aromatic heterocycles. The van der Waals surface area contributed by atoms with Crippen molar-refractivity contribution in [3.8, 4) is 0 Å². The zero-order chi connectivity index (χ0) is 14.7. The molecule has 1 fully saturated rings. The van der Waals surface area contributed by atoms with Crippen molar-refractivity contribution < 1.29 is 9.90 Å². The average molecular weight is 277 g/mol. The van der Waals surface area contributed by atoms with Crippen molar-refractivity contribution in [2.45, 2.75) is 58.4 Å². The van der Waals surface area contributed by atoms with E-state index in [4.69, 9.17) is 0 Å². The molecule has 0 bridgehead atoms. The van der Waals surface area contributed by atoms with Crippen molar-refractivity contribution in [2.75, 3.05) is 11.4 Å². The Morgan fingerprint density at radius 2 is 2.20 bits per heavy atom. The van der Waals surface area contributed by atoms with Gasteiger partial charge in [-0.15, -0.1) is 0 Å². The number of carboxylic acids is 1. The summed E-state index contributed by atoms with van der Waals surface area (Å²) in [6.45, 7) is 6.96. The van der Waals surface area contributed by atoms with Gasteiger partial charge in [-0.1, -0.05) is 27.2 Å². The fourth-order valence-corrected chi connectivity index (χ4v) is 2.25. The summed E-state index contributed by atoms with van der Waals surface area (Å²) in [5.74, 6) is -0.240. The number of carbonyl (C=O) groups is 1. The molecule has 1 N–H and O–H groups in total. The summed E-state index contributed by atoms with van der Waals surface area (Å²) in [6.07, 6.45) is 6.11. The second-order valence-electron chi connectivity index (χ2n) is 5.70. The average Bonchev–Trinajstić information content (AvgIpc) is 3.23. The van der Waals surface area contributed by atoms with Gasteiger partial charge < -0.3 is 10.0 Å². The molecule has 0 amide bonds. The molecule has 5 heteroatoms. The summed E-state index contributed by atoms with van der Waals surface area (Å²) in [4.78, 5) is 22.3. The van der Waals surface area contributed by atoms with Crippen LogP contribution in [-0.4, -0.2) is 33.6 Å². The van der Waals surface area contributed by atoms with E-state index in [-0.39, 0.29) is 11.6 Å². The number of nitrogens with zero attached hydrogens (tertiary/aromatic N) is 3. The molecule has 1 saturated carbocycles. The number of unbranched alkanes of at least 4 members (excludes halogenated alkanes) is 1. The largest absolute Gasteiger partial charge is 0.476 e. The second-order valence-corrected chi connectivity index (χ2v) is 5.70. The smallest absolute Gasteiger partial charge is 0.356 e. The van der Waals surface area contributed by atoms with Crippen LogP contribution in [0.15, 0.2) is 6.20 Å². The van der Waals surface area contributed by atoms with Crippen LogP contribution in [0.4, 0.5) is 5.69 Å². The predicted molar refractivity (Wildman–Crippen MR) is 78.4 cm³/mol. The highest BCUT2D eigenvalue weighted by Crippen LogP contribution is 2.33. The van der Waals surface area contributed by atoms with Gasteiger partial charge in [0, 0.05) is 18.5 Å². The van der Waals surface area contributed by atoms with E-state index in [1.165, 1.54) is 0 Å². The van der Waals surface area contributed by atoms with Crippen LogP contribution in [0.1, 0.15) is 68.7 Å². The molecule has 0 saturated heterocycles. The molecule has 0 radical (unpaired) electrons. The highest BCUT2D eigenvalue weighted by atomic mass is 16.4. The van der Waals surface area contributed by atoms with Gasteiger partial charge in [0.2, 0.25) is 0 Å². The van der Waals surface area contributed by atoms with Crippen LogP contribution in [0.25, 0.3) is 0 Å². The minimum absolute atomic E-state index is 0.132. The van der Waals surface area contributed by atoms with Crippen LogP contribution >= 0.6 is 0 Å². The van der Waals surface area contributed by atoms with E-state index in [0.29, 0.717) is 17.6 Å². The summed E-state index contributed by atoms with van der Waals surface area (Å²) >= 11 is 0. The van der Waals surface area contributed by atoms with E-state index in [0.717, 1.165) is 32.2 Å². The Labute approximate surface area is 120 Å². The third-order valence-electron chi connectivity index (χ3n) is 3.56. The lowest BCUT2D eigenvalue weighted by atomic mass is 10.2. The normalized spacial score (nSPS) is 14.6. The quantitative estimate of drug-likeness (QED) is 0.829. The summed E-state index contributed by atoms with van der Waals surface area (Å²) in [5, 5.41) is 9.43. The number of aromatic carboxylic acids is 1. The van der Waals surface area contributed by atoms with Crippen molar-refractivity contribution in [3.63, 3.8) is 0 Å². The molecular formula is C15H23N3O2. The van der Waals surface area contributed by atoms with Gasteiger partial charge in [-0.05, 0) is 19.3 Å². The van der Waals surface area contributed by atoms with Gasteiger partial charge in [0.05, 0.1) is 11.9 Å². The molecule has 0 aromatic carbocycles. The Morgan fingerprint density at radius 1 is 1.50 bits per heavy atom. The predicted octanol–water partition coefficient (Wildman–Crippen LogP) is 3.07. The Hall–Kier alpha value is -1.65. The second kappa shape index (κ2) is 6.20. The summed E-state index contributed by atoms with van der Waals surface area (Å²) in [7, 11) is 0. The van der Waals surface area contributed by atoms with Crippen molar-refractivity contribution in [1.29, 1.82) is 0 Å². The molecule has 1 aromatic rings. The summed E-state index contributed by atoms with van der Waals surface area (Å²) in [6, 6.07) is 0.466. The van der Waals surface area contributed by atoms with Crippen molar-refractivity contribution in [1.82, 2.24) is 9.97 Å². The van der Waals surface area contributed by atoms with Crippen molar-refractivity contribution in [2.24, 2.45) is 0 Å². The molecule has 1 aliphatic rings. The van der Waals surface area contributed by atoms with Crippen LogP contribution in [0.2, 0.25) is 0 Å². The van der Waals surface area contributed by atoms with Crippen LogP contribution < -0.4 is 4.90 Å². The number of rotatable bonds is 7. The lowest BCUT2D eigenvalue weighted by molar-refractivity contribution is 0.0690. The molecular weight excluding hydrogens is 254 g/mol. The molecule has 5 nitrogen and oxygen atoms in total. The maximum atomic E-state index is 11.5. The van der Waals surface area contributed by atoms with Gasteiger partial charge in [-0.2, -0.15) is 0 Å². The number of hydrogen-bond acceptors (Lipinski definition) is 4. The molecule has 2 rings (SSSR count). The number of carboxylic acid groups (broad SMARTS) is 1. The van der Waals surface area contributed by atoms with Gasteiger partial charge in [0.15, 0.2) is 5.69 Å². The number of aromatic nitrogens is 2. The highest BCUT2D eigenvalue weighted by molar-refractivity contribution is 5.92. The van der Waals surface area contributed by atoms with E-state index in [1.807, 2.05) is 13.8 Å². The SMILES string of the molecule is CCCCN(c1cnc(C(C)C)nc1C(=O)O)C1CC1.